The molecule has 2 aliphatic rings. The van der Waals surface area contributed by atoms with Gasteiger partial charge >= 0.3 is 0 Å². The van der Waals surface area contributed by atoms with E-state index < -0.39 is 0 Å². The summed E-state index contributed by atoms with van der Waals surface area (Å²) < 4.78 is 6.27. The minimum atomic E-state index is -0.226. The highest BCUT2D eigenvalue weighted by atomic mass is 16.5. The molecule has 2 aromatic carbocycles. The first-order valence-corrected chi connectivity index (χ1v) is 8.71. The summed E-state index contributed by atoms with van der Waals surface area (Å²) in [5, 5.41) is 9.84. The van der Waals surface area contributed by atoms with Gasteiger partial charge in [0.05, 0.1) is 0 Å². The van der Waals surface area contributed by atoms with Gasteiger partial charge in [0.1, 0.15) is 17.6 Å². The second-order valence-electron chi connectivity index (χ2n) is 7.06. The molecule has 126 valence electrons. The third-order valence-corrected chi connectivity index (χ3v) is 5.28. The molecule has 4 nitrogen and oxygen atoms in total. The van der Waals surface area contributed by atoms with E-state index in [1.807, 2.05) is 12.1 Å². The Kier molecular flexibility index (Phi) is 3.94. The van der Waals surface area contributed by atoms with Crippen LogP contribution in [0.5, 0.6) is 11.5 Å². The monoisotopic (exact) mass is 324 g/mol. The number of phenols is 1. The van der Waals surface area contributed by atoms with Gasteiger partial charge in [0.15, 0.2) is 0 Å². The number of benzene rings is 2. The van der Waals surface area contributed by atoms with E-state index in [1.54, 1.807) is 12.1 Å². The topological polar surface area (TPSA) is 81.5 Å². The number of aryl methyl sites for hydroxylation is 2. The Balaban J connectivity index is 1.64. The third-order valence-electron chi connectivity index (χ3n) is 5.28. The number of nitrogens with two attached hydrogens (primary N) is 2. The largest absolute Gasteiger partial charge is 0.508 e. The molecule has 0 heterocycles. The van der Waals surface area contributed by atoms with E-state index in [-0.39, 0.29) is 23.9 Å². The van der Waals surface area contributed by atoms with Gasteiger partial charge in [-0.05, 0) is 73.1 Å². The van der Waals surface area contributed by atoms with Crippen LogP contribution in [0.1, 0.15) is 41.2 Å². The van der Waals surface area contributed by atoms with Gasteiger partial charge in [-0.25, -0.2) is 0 Å². The lowest BCUT2D eigenvalue weighted by atomic mass is 9.86. The lowest BCUT2D eigenvalue weighted by Gasteiger charge is -2.32. The molecule has 4 heteroatoms. The summed E-state index contributed by atoms with van der Waals surface area (Å²) in [6.07, 6.45) is 4.58. The zero-order valence-corrected chi connectivity index (χ0v) is 13.7. The predicted molar refractivity (Wildman–Crippen MR) is 94.2 cm³/mol. The molecule has 0 saturated heterocycles. The average molecular weight is 324 g/mol. The molecule has 0 fully saturated rings. The Hall–Kier alpha value is -2.04. The highest BCUT2D eigenvalue weighted by molar-refractivity contribution is 5.41. The Bertz CT molecular complexity index is 759. The minimum Gasteiger partial charge on any atom is -0.508 e. The highest BCUT2D eigenvalue weighted by Gasteiger charge is 2.29. The molecular weight excluding hydrogens is 300 g/mol. The first-order valence-electron chi connectivity index (χ1n) is 8.71. The van der Waals surface area contributed by atoms with Crippen molar-refractivity contribution in [2.75, 3.05) is 0 Å². The molecule has 0 saturated carbocycles. The molecule has 0 radical (unpaired) electrons. The summed E-state index contributed by atoms with van der Waals surface area (Å²) in [5.74, 6) is 1.09. The zero-order chi connectivity index (χ0) is 16.7. The van der Waals surface area contributed by atoms with E-state index in [2.05, 4.69) is 12.1 Å². The van der Waals surface area contributed by atoms with Crippen molar-refractivity contribution in [3.63, 3.8) is 0 Å². The second kappa shape index (κ2) is 6.11. The van der Waals surface area contributed by atoms with E-state index in [0.29, 0.717) is 0 Å². The first-order chi connectivity index (χ1) is 11.6. The molecule has 0 bridgehead atoms. The number of phenolic OH excluding ortho intramolecular Hbond substituents is 1. The van der Waals surface area contributed by atoms with Gasteiger partial charge in [-0.1, -0.05) is 12.1 Å². The molecular formula is C20H24N2O2. The Morgan fingerprint density at radius 3 is 2.58 bits per heavy atom. The van der Waals surface area contributed by atoms with E-state index in [9.17, 15) is 5.11 Å². The molecule has 0 aliphatic heterocycles. The summed E-state index contributed by atoms with van der Waals surface area (Å²) in [4.78, 5) is 0. The summed E-state index contributed by atoms with van der Waals surface area (Å²) in [7, 11) is 0. The number of fused-ring (bicyclic) bond motifs is 2. The van der Waals surface area contributed by atoms with Crippen LogP contribution in [0.2, 0.25) is 0 Å². The van der Waals surface area contributed by atoms with Gasteiger partial charge in [-0.15, -0.1) is 0 Å². The van der Waals surface area contributed by atoms with Gasteiger partial charge in [0.25, 0.3) is 0 Å². The average Bonchev–Trinajstić information content (AvgIpc) is 2.57. The fourth-order valence-electron chi connectivity index (χ4n) is 3.91. The summed E-state index contributed by atoms with van der Waals surface area (Å²) in [6, 6.07) is 11.9. The van der Waals surface area contributed by atoms with Crippen molar-refractivity contribution in [1.29, 1.82) is 0 Å². The zero-order valence-electron chi connectivity index (χ0n) is 13.7. The van der Waals surface area contributed by atoms with Crippen molar-refractivity contribution in [3.8, 4) is 11.5 Å². The summed E-state index contributed by atoms with van der Waals surface area (Å²) in [6.45, 7) is 0. The van der Waals surface area contributed by atoms with Crippen LogP contribution < -0.4 is 16.2 Å². The molecule has 5 N–H and O–H groups in total. The maximum absolute atomic E-state index is 9.84. The summed E-state index contributed by atoms with van der Waals surface area (Å²) >= 11 is 0. The molecule has 0 amide bonds. The first kappa shape index (κ1) is 15.5. The van der Waals surface area contributed by atoms with Crippen LogP contribution in [-0.2, 0) is 19.3 Å². The van der Waals surface area contributed by atoms with Gasteiger partial charge in [-0.2, -0.15) is 0 Å². The van der Waals surface area contributed by atoms with E-state index in [0.717, 1.165) is 43.4 Å². The minimum absolute atomic E-state index is 0.0717. The number of aromatic hydroxyl groups is 1. The molecule has 0 aromatic heterocycles. The van der Waals surface area contributed by atoms with Crippen molar-refractivity contribution in [1.82, 2.24) is 0 Å². The van der Waals surface area contributed by atoms with E-state index in [4.69, 9.17) is 16.2 Å². The fourth-order valence-corrected chi connectivity index (χ4v) is 3.91. The smallest absolute Gasteiger partial charge is 0.139 e. The van der Waals surface area contributed by atoms with Gasteiger partial charge in [0, 0.05) is 17.6 Å². The number of hydrogen-bond acceptors (Lipinski definition) is 4. The quantitative estimate of drug-likeness (QED) is 0.793. The van der Waals surface area contributed by atoms with Crippen LogP contribution in [0.15, 0.2) is 36.4 Å². The molecule has 3 unspecified atom stereocenters. The molecule has 2 aromatic rings. The van der Waals surface area contributed by atoms with Crippen molar-refractivity contribution >= 4 is 0 Å². The van der Waals surface area contributed by atoms with Crippen molar-refractivity contribution in [3.05, 3.63) is 58.7 Å². The van der Waals surface area contributed by atoms with E-state index in [1.165, 1.54) is 16.7 Å². The Labute approximate surface area is 142 Å². The Morgan fingerprint density at radius 1 is 0.917 bits per heavy atom. The van der Waals surface area contributed by atoms with Crippen molar-refractivity contribution < 1.29 is 9.84 Å². The lowest BCUT2D eigenvalue weighted by Crippen LogP contribution is -2.36. The maximum atomic E-state index is 9.84. The Morgan fingerprint density at radius 2 is 1.71 bits per heavy atom. The summed E-state index contributed by atoms with van der Waals surface area (Å²) in [5.41, 5.74) is 17.3. The molecule has 0 spiro atoms. The maximum Gasteiger partial charge on any atom is 0.139 e. The van der Waals surface area contributed by atoms with E-state index >= 15 is 0 Å². The lowest BCUT2D eigenvalue weighted by molar-refractivity contribution is 0.159. The van der Waals surface area contributed by atoms with Crippen LogP contribution in [0, 0.1) is 0 Å². The van der Waals surface area contributed by atoms with Crippen LogP contribution in [-0.4, -0.2) is 17.2 Å². The standard InChI is InChI=1S/C20H24N2O2/c21-15-5-1-12-3-7-17(10-14(12)9-15)24-20-18-11-16(23)6-2-13(18)4-8-19(20)22/h2-3,6-7,10-11,15,19-20,23H,1,4-5,8-9,21-22H2. The number of rotatable bonds is 2. The third kappa shape index (κ3) is 2.87. The molecule has 2 aliphatic carbocycles. The van der Waals surface area contributed by atoms with Crippen molar-refractivity contribution in [2.24, 2.45) is 11.5 Å². The molecule has 4 rings (SSSR count). The van der Waals surface area contributed by atoms with Crippen LogP contribution in [0.25, 0.3) is 0 Å². The molecule has 24 heavy (non-hydrogen) atoms. The SMILES string of the molecule is NC1CCc2ccc(OC3c4cc(O)ccc4CCC3N)cc2C1. The normalized spacial score (nSPS) is 25.7. The van der Waals surface area contributed by atoms with Crippen LogP contribution in [0.4, 0.5) is 0 Å². The highest BCUT2D eigenvalue weighted by Crippen LogP contribution is 2.36. The molecule has 3 atom stereocenters. The van der Waals surface area contributed by atoms with Crippen LogP contribution >= 0.6 is 0 Å². The number of ether oxygens (including phenoxy) is 1. The van der Waals surface area contributed by atoms with Gasteiger partial charge in [0.2, 0.25) is 0 Å². The number of hydrogen-bond donors (Lipinski definition) is 3. The van der Waals surface area contributed by atoms with Gasteiger partial charge < -0.3 is 21.3 Å². The fraction of sp³-hybridized carbons (Fsp3) is 0.400. The predicted octanol–water partition coefficient (Wildman–Crippen LogP) is 2.60. The van der Waals surface area contributed by atoms with Crippen molar-refractivity contribution in [2.45, 2.75) is 50.3 Å². The van der Waals surface area contributed by atoms with Gasteiger partial charge in [-0.3, -0.25) is 0 Å². The van der Waals surface area contributed by atoms with Crippen LogP contribution in [0.3, 0.4) is 0 Å². The second-order valence-corrected chi connectivity index (χ2v) is 7.06.